The number of aliphatic hydroxyl groups is 1. The molecule has 0 saturated carbocycles. The first kappa shape index (κ1) is 14.9. The number of carbonyl (C=O) groups excluding carboxylic acids is 1. The summed E-state index contributed by atoms with van der Waals surface area (Å²) in [6.07, 6.45) is 0.857. The lowest BCUT2D eigenvalue weighted by molar-refractivity contribution is -0.108. The van der Waals surface area contributed by atoms with Crippen LogP contribution in [0.15, 0.2) is 23.2 Å². The van der Waals surface area contributed by atoms with Crippen molar-refractivity contribution in [1.82, 2.24) is 0 Å². The van der Waals surface area contributed by atoms with E-state index in [1.165, 1.54) is 11.8 Å². The van der Waals surface area contributed by atoms with Crippen molar-refractivity contribution in [3.05, 3.63) is 23.8 Å². The van der Waals surface area contributed by atoms with Gasteiger partial charge in [0.1, 0.15) is 17.4 Å². The zero-order valence-electron chi connectivity index (χ0n) is 11.2. The van der Waals surface area contributed by atoms with Crippen LogP contribution in [0.3, 0.4) is 0 Å². The van der Waals surface area contributed by atoms with Crippen LogP contribution >= 0.6 is 11.8 Å². The van der Waals surface area contributed by atoms with Crippen molar-refractivity contribution in [1.29, 1.82) is 0 Å². The molecule has 2 rings (SSSR count). The van der Waals surface area contributed by atoms with E-state index in [0.29, 0.717) is 35.1 Å². The molecule has 108 valence electrons. The van der Waals surface area contributed by atoms with Gasteiger partial charge in [-0.1, -0.05) is 6.07 Å². The van der Waals surface area contributed by atoms with Gasteiger partial charge in [-0.3, -0.25) is 4.99 Å². The molecule has 0 aliphatic carbocycles. The largest absolute Gasteiger partial charge is 0.504 e. The van der Waals surface area contributed by atoms with Crippen molar-refractivity contribution in [3.63, 3.8) is 0 Å². The Bertz CT molecular complexity index is 516. The Morgan fingerprint density at radius 3 is 3.05 bits per heavy atom. The number of aliphatic hydroxyl groups excluding tert-OH is 1. The number of nitrogens with zero attached hydrogens (tertiary/aromatic N) is 1. The Morgan fingerprint density at radius 1 is 1.60 bits per heavy atom. The molecule has 1 unspecified atom stereocenters. The summed E-state index contributed by atoms with van der Waals surface area (Å²) in [5.74, 6) is 0.989. The fourth-order valence-electron chi connectivity index (χ4n) is 1.76. The van der Waals surface area contributed by atoms with Crippen LogP contribution in [0.4, 0.5) is 0 Å². The highest BCUT2D eigenvalue weighted by molar-refractivity contribution is 8.14. The van der Waals surface area contributed by atoms with Gasteiger partial charge in [-0.2, -0.15) is 0 Å². The first-order valence-corrected chi connectivity index (χ1v) is 7.39. The van der Waals surface area contributed by atoms with Crippen LogP contribution in [0, 0.1) is 0 Å². The summed E-state index contributed by atoms with van der Waals surface area (Å²) in [5, 5.41) is 20.0. The predicted molar refractivity (Wildman–Crippen MR) is 78.7 cm³/mol. The zero-order valence-corrected chi connectivity index (χ0v) is 12.0. The number of phenolic OH excluding ortho intramolecular Hbond substituents is 1. The average molecular weight is 295 g/mol. The highest BCUT2D eigenvalue weighted by Gasteiger charge is 2.22. The van der Waals surface area contributed by atoms with Gasteiger partial charge < -0.3 is 19.7 Å². The van der Waals surface area contributed by atoms with Crippen LogP contribution in [0.1, 0.15) is 18.9 Å². The Morgan fingerprint density at radius 2 is 2.40 bits per heavy atom. The van der Waals surface area contributed by atoms with Gasteiger partial charge >= 0.3 is 0 Å². The molecule has 20 heavy (non-hydrogen) atoms. The third-order valence-corrected chi connectivity index (χ3v) is 3.96. The molecule has 0 aromatic heterocycles. The fraction of sp³-hybridized carbons (Fsp3) is 0.429. The number of rotatable bonds is 6. The maximum Gasteiger partial charge on any atom is 0.167 e. The summed E-state index contributed by atoms with van der Waals surface area (Å²) in [4.78, 5) is 15.0. The Labute approximate surface area is 121 Å². The number of hydrogen-bond acceptors (Lipinski definition) is 6. The first-order chi connectivity index (χ1) is 9.61. The Balaban J connectivity index is 2.13. The smallest absolute Gasteiger partial charge is 0.167 e. The molecule has 0 fully saturated rings. The van der Waals surface area contributed by atoms with Crippen LogP contribution in [-0.2, 0) is 4.79 Å². The van der Waals surface area contributed by atoms with Crippen LogP contribution in [0.25, 0.3) is 0 Å². The van der Waals surface area contributed by atoms with Crippen LogP contribution < -0.4 is 4.74 Å². The van der Waals surface area contributed by atoms with Gasteiger partial charge in [-0.15, -0.1) is 11.8 Å². The van der Waals surface area contributed by atoms with E-state index in [0.717, 1.165) is 6.29 Å². The van der Waals surface area contributed by atoms with Crippen LogP contribution in [-0.4, -0.2) is 46.0 Å². The average Bonchev–Trinajstić information content (AvgIpc) is 2.89. The van der Waals surface area contributed by atoms with Gasteiger partial charge in [-0.05, 0) is 19.1 Å². The highest BCUT2D eigenvalue weighted by Crippen LogP contribution is 2.34. The number of benzene rings is 1. The van der Waals surface area contributed by atoms with Gasteiger partial charge in [-0.25, -0.2) is 0 Å². The van der Waals surface area contributed by atoms with Crippen LogP contribution in [0.2, 0.25) is 0 Å². The molecule has 2 N–H and O–H groups in total. The minimum absolute atomic E-state index is 0.0240. The number of ether oxygens (including phenoxy) is 1. The molecule has 1 aliphatic heterocycles. The van der Waals surface area contributed by atoms with Crippen molar-refractivity contribution in [3.8, 4) is 11.5 Å². The molecular weight excluding hydrogens is 278 g/mol. The Kier molecular flexibility index (Phi) is 5.03. The molecule has 1 aromatic rings. The molecule has 0 radical (unpaired) electrons. The summed E-state index contributed by atoms with van der Waals surface area (Å²) in [6.45, 7) is 2.01. The number of carbonyl (C=O) groups is 1. The first-order valence-electron chi connectivity index (χ1n) is 6.41. The SMILES string of the molecule is C[C@H](O)CCOc1cccc(C2=NC(C=O)CS2)c1O. The molecule has 0 bridgehead atoms. The third-order valence-electron chi connectivity index (χ3n) is 2.85. The van der Waals surface area contributed by atoms with E-state index < -0.39 is 6.10 Å². The van der Waals surface area contributed by atoms with Crippen molar-refractivity contribution in [2.75, 3.05) is 12.4 Å². The lowest BCUT2D eigenvalue weighted by Crippen LogP contribution is -2.08. The normalized spacial score (nSPS) is 19.5. The fourth-order valence-corrected chi connectivity index (χ4v) is 2.77. The Hall–Kier alpha value is -1.53. The minimum atomic E-state index is -0.441. The zero-order chi connectivity index (χ0) is 14.5. The summed E-state index contributed by atoms with van der Waals surface area (Å²) in [6, 6.07) is 4.84. The van der Waals surface area contributed by atoms with Gasteiger partial charge in [0.2, 0.25) is 0 Å². The molecule has 0 saturated heterocycles. The minimum Gasteiger partial charge on any atom is -0.504 e. The van der Waals surface area contributed by atoms with Crippen molar-refractivity contribution < 1.29 is 19.7 Å². The molecule has 0 spiro atoms. The number of phenols is 1. The van der Waals surface area contributed by atoms with E-state index in [1.807, 2.05) is 0 Å². The maximum atomic E-state index is 10.7. The molecule has 0 amide bonds. The van der Waals surface area contributed by atoms with E-state index in [1.54, 1.807) is 25.1 Å². The van der Waals surface area contributed by atoms with Gasteiger partial charge in [0.15, 0.2) is 11.5 Å². The van der Waals surface area contributed by atoms with Gasteiger partial charge in [0.25, 0.3) is 0 Å². The molecule has 5 nitrogen and oxygen atoms in total. The summed E-state index contributed by atoms with van der Waals surface area (Å²) >= 11 is 1.44. The molecule has 1 aromatic carbocycles. The van der Waals surface area contributed by atoms with Crippen molar-refractivity contribution >= 4 is 23.1 Å². The quantitative estimate of drug-likeness (QED) is 0.779. The van der Waals surface area contributed by atoms with E-state index in [4.69, 9.17) is 4.74 Å². The van der Waals surface area contributed by atoms with Crippen molar-refractivity contribution in [2.24, 2.45) is 4.99 Å². The highest BCUT2D eigenvalue weighted by atomic mass is 32.2. The molecule has 6 heteroatoms. The number of aldehydes is 1. The van der Waals surface area contributed by atoms with Gasteiger partial charge in [0.05, 0.1) is 18.3 Å². The lowest BCUT2D eigenvalue weighted by atomic mass is 10.2. The van der Waals surface area contributed by atoms with Gasteiger partial charge in [0, 0.05) is 12.2 Å². The second kappa shape index (κ2) is 6.76. The second-order valence-corrected chi connectivity index (χ2v) is 5.60. The number of hydrogen-bond donors (Lipinski definition) is 2. The van der Waals surface area contributed by atoms with Crippen molar-refractivity contribution in [2.45, 2.75) is 25.5 Å². The summed E-state index contributed by atoms with van der Waals surface area (Å²) in [7, 11) is 0. The lowest BCUT2D eigenvalue weighted by Gasteiger charge is -2.11. The molecule has 1 aliphatic rings. The topological polar surface area (TPSA) is 79.1 Å². The number of aliphatic imine (C=N–C) groups is 1. The predicted octanol–water partition coefficient (Wildman–Crippen LogP) is 1.60. The van der Waals surface area contributed by atoms with E-state index in [-0.39, 0.29) is 11.8 Å². The third kappa shape index (κ3) is 3.52. The second-order valence-electron chi connectivity index (χ2n) is 4.59. The molecular formula is C14H17NO4S. The molecule has 1 heterocycles. The molecule has 2 atom stereocenters. The number of aromatic hydroxyl groups is 1. The monoisotopic (exact) mass is 295 g/mol. The maximum absolute atomic E-state index is 10.7. The van der Waals surface area contributed by atoms with E-state index >= 15 is 0 Å². The van der Waals surface area contributed by atoms with E-state index in [2.05, 4.69) is 4.99 Å². The van der Waals surface area contributed by atoms with E-state index in [9.17, 15) is 15.0 Å². The standard InChI is InChI=1S/C14H17NO4S/c1-9(17)5-6-19-12-4-2-3-11(13(12)18)14-15-10(7-16)8-20-14/h2-4,7,9-10,17-18H,5-6,8H2,1H3/t9-,10?/m0/s1. The summed E-state index contributed by atoms with van der Waals surface area (Å²) in [5.41, 5.74) is 0.578. The van der Waals surface area contributed by atoms with Crippen LogP contribution in [0.5, 0.6) is 11.5 Å². The number of para-hydroxylation sites is 1. The number of thioether (sulfide) groups is 1. The summed E-state index contributed by atoms with van der Waals surface area (Å²) < 4.78 is 5.46.